The summed E-state index contributed by atoms with van der Waals surface area (Å²) in [6.07, 6.45) is 0. The van der Waals surface area contributed by atoms with Crippen molar-refractivity contribution in [2.24, 2.45) is 11.1 Å². The van der Waals surface area contributed by atoms with Crippen LogP contribution in [0.3, 0.4) is 0 Å². The van der Waals surface area contributed by atoms with E-state index in [1.54, 1.807) is 24.3 Å². The number of benzene rings is 2. The van der Waals surface area contributed by atoms with E-state index >= 15 is 0 Å². The summed E-state index contributed by atoms with van der Waals surface area (Å²) in [7, 11) is 0. The number of nitro groups is 1. The quantitative estimate of drug-likeness (QED) is 0.258. The Morgan fingerprint density at radius 1 is 1.04 bits per heavy atom. The lowest BCUT2D eigenvalue weighted by atomic mass is 10.0. The first-order valence-electron chi connectivity index (χ1n) is 7.83. The fourth-order valence-electron chi connectivity index (χ4n) is 2.21. The standard InChI is InChI=1S/C18H20N2O5/c1-13(2)18(19-21)14-3-7-16(8-4-14)24-11-12-25-17-9-5-15(6-10-17)20(22)23/h3-10,13,21H,11-12H2,1-2H3/b19-18-. The van der Waals surface area contributed by atoms with Crippen LogP contribution in [0.1, 0.15) is 19.4 Å². The van der Waals surface area contributed by atoms with Crippen LogP contribution < -0.4 is 9.47 Å². The van der Waals surface area contributed by atoms with E-state index < -0.39 is 4.92 Å². The Balaban J connectivity index is 1.81. The van der Waals surface area contributed by atoms with Crippen LogP contribution in [0.25, 0.3) is 0 Å². The molecule has 0 saturated heterocycles. The van der Waals surface area contributed by atoms with Crippen LogP contribution in [0, 0.1) is 16.0 Å². The molecule has 0 aliphatic rings. The van der Waals surface area contributed by atoms with E-state index in [0.717, 1.165) is 5.56 Å². The maximum Gasteiger partial charge on any atom is 0.269 e. The van der Waals surface area contributed by atoms with Crippen LogP contribution >= 0.6 is 0 Å². The molecule has 132 valence electrons. The Morgan fingerprint density at radius 3 is 1.92 bits per heavy atom. The molecule has 0 aliphatic carbocycles. The van der Waals surface area contributed by atoms with Crippen LogP contribution in [0.5, 0.6) is 11.5 Å². The van der Waals surface area contributed by atoms with Gasteiger partial charge in [0.25, 0.3) is 5.69 Å². The molecule has 7 heteroatoms. The highest BCUT2D eigenvalue weighted by Crippen LogP contribution is 2.18. The highest BCUT2D eigenvalue weighted by atomic mass is 16.6. The van der Waals surface area contributed by atoms with Crippen molar-refractivity contribution in [2.75, 3.05) is 13.2 Å². The van der Waals surface area contributed by atoms with Gasteiger partial charge in [-0.05, 0) is 47.9 Å². The van der Waals surface area contributed by atoms with Crippen LogP contribution in [0.15, 0.2) is 53.7 Å². The van der Waals surface area contributed by atoms with Crippen molar-refractivity contribution in [3.05, 3.63) is 64.2 Å². The van der Waals surface area contributed by atoms with E-state index in [2.05, 4.69) is 5.16 Å². The predicted molar refractivity (Wildman–Crippen MR) is 93.7 cm³/mol. The molecule has 0 amide bonds. The summed E-state index contributed by atoms with van der Waals surface area (Å²) < 4.78 is 11.1. The van der Waals surface area contributed by atoms with Crippen LogP contribution in [0.2, 0.25) is 0 Å². The Bertz CT molecular complexity index is 724. The summed E-state index contributed by atoms with van der Waals surface area (Å²) in [6, 6.07) is 13.2. The fourth-order valence-corrected chi connectivity index (χ4v) is 2.21. The summed E-state index contributed by atoms with van der Waals surface area (Å²) in [5, 5.41) is 23.0. The SMILES string of the molecule is CC(C)/C(=N/O)c1ccc(OCCOc2ccc([N+](=O)[O-])cc2)cc1. The predicted octanol–water partition coefficient (Wildman–Crippen LogP) is 3.89. The zero-order valence-corrected chi connectivity index (χ0v) is 14.1. The molecule has 0 aliphatic heterocycles. The number of rotatable bonds is 8. The molecule has 0 unspecified atom stereocenters. The molecule has 2 rings (SSSR count). The monoisotopic (exact) mass is 344 g/mol. The zero-order valence-electron chi connectivity index (χ0n) is 14.1. The Labute approximate surface area is 145 Å². The van der Waals surface area contributed by atoms with Crippen molar-refractivity contribution in [3.8, 4) is 11.5 Å². The summed E-state index contributed by atoms with van der Waals surface area (Å²) in [5.41, 5.74) is 1.48. The first kappa shape index (κ1) is 18.3. The largest absolute Gasteiger partial charge is 0.490 e. The normalized spacial score (nSPS) is 11.4. The molecule has 0 aromatic heterocycles. The molecule has 25 heavy (non-hydrogen) atoms. The molecule has 0 bridgehead atoms. The van der Waals surface area contributed by atoms with E-state index in [4.69, 9.17) is 14.7 Å². The molecule has 0 spiro atoms. The lowest BCUT2D eigenvalue weighted by Gasteiger charge is -2.10. The van der Waals surface area contributed by atoms with E-state index in [1.807, 2.05) is 26.0 Å². The second-order valence-corrected chi connectivity index (χ2v) is 5.61. The van der Waals surface area contributed by atoms with Crippen molar-refractivity contribution in [3.63, 3.8) is 0 Å². The van der Waals surface area contributed by atoms with E-state index in [-0.39, 0.29) is 11.6 Å². The Kier molecular flexibility index (Phi) is 6.33. The number of nitro benzene ring substituents is 1. The Morgan fingerprint density at radius 2 is 1.52 bits per heavy atom. The number of oxime groups is 1. The molecule has 0 heterocycles. The van der Waals surface area contributed by atoms with E-state index in [1.165, 1.54) is 12.1 Å². The van der Waals surface area contributed by atoms with Crippen LogP contribution in [0.4, 0.5) is 5.69 Å². The molecule has 0 radical (unpaired) electrons. The molecule has 2 aromatic rings. The topological polar surface area (TPSA) is 94.2 Å². The third-order valence-corrected chi connectivity index (χ3v) is 3.47. The Hall–Kier alpha value is -3.09. The second kappa shape index (κ2) is 8.68. The highest BCUT2D eigenvalue weighted by molar-refractivity contribution is 6.01. The number of hydrogen-bond acceptors (Lipinski definition) is 6. The minimum Gasteiger partial charge on any atom is -0.490 e. The van der Waals surface area contributed by atoms with Gasteiger partial charge < -0.3 is 14.7 Å². The number of non-ortho nitro benzene ring substituents is 1. The average Bonchev–Trinajstić information content (AvgIpc) is 2.60. The molecular weight excluding hydrogens is 324 g/mol. The van der Waals surface area contributed by atoms with Crippen molar-refractivity contribution in [2.45, 2.75) is 13.8 Å². The molecular formula is C18H20N2O5. The van der Waals surface area contributed by atoms with Gasteiger partial charge in [-0.3, -0.25) is 10.1 Å². The van der Waals surface area contributed by atoms with Gasteiger partial charge in [-0.1, -0.05) is 19.0 Å². The molecule has 0 fully saturated rings. The highest BCUT2D eigenvalue weighted by Gasteiger charge is 2.09. The van der Waals surface area contributed by atoms with Gasteiger partial charge in [0.05, 0.1) is 10.6 Å². The zero-order chi connectivity index (χ0) is 18.2. The minimum atomic E-state index is -0.456. The van der Waals surface area contributed by atoms with Crippen molar-refractivity contribution in [1.82, 2.24) is 0 Å². The molecule has 2 aromatic carbocycles. The first-order valence-corrected chi connectivity index (χ1v) is 7.83. The van der Waals surface area contributed by atoms with Crippen molar-refractivity contribution >= 4 is 11.4 Å². The van der Waals surface area contributed by atoms with Gasteiger partial charge in [0.2, 0.25) is 0 Å². The smallest absolute Gasteiger partial charge is 0.269 e. The van der Waals surface area contributed by atoms with Crippen molar-refractivity contribution in [1.29, 1.82) is 0 Å². The van der Waals surface area contributed by atoms with Gasteiger partial charge in [-0.25, -0.2) is 0 Å². The van der Waals surface area contributed by atoms with Gasteiger partial charge >= 0.3 is 0 Å². The first-order chi connectivity index (χ1) is 12.0. The molecule has 7 nitrogen and oxygen atoms in total. The molecule has 0 atom stereocenters. The van der Waals surface area contributed by atoms with Gasteiger partial charge in [0.1, 0.15) is 24.7 Å². The summed E-state index contributed by atoms with van der Waals surface area (Å²) in [4.78, 5) is 10.1. The maximum atomic E-state index is 10.6. The maximum absolute atomic E-state index is 10.6. The van der Waals surface area contributed by atoms with Crippen LogP contribution in [-0.2, 0) is 0 Å². The fraction of sp³-hybridized carbons (Fsp3) is 0.278. The van der Waals surface area contributed by atoms with Gasteiger partial charge in [-0.2, -0.15) is 0 Å². The van der Waals surface area contributed by atoms with Crippen molar-refractivity contribution < 1.29 is 19.6 Å². The number of hydrogen-bond donors (Lipinski definition) is 1. The molecule has 1 N–H and O–H groups in total. The number of ether oxygens (including phenoxy) is 2. The second-order valence-electron chi connectivity index (χ2n) is 5.61. The molecule has 0 saturated carbocycles. The third kappa shape index (κ3) is 5.20. The average molecular weight is 344 g/mol. The van der Waals surface area contributed by atoms with E-state index in [0.29, 0.717) is 30.4 Å². The minimum absolute atomic E-state index is 0.0240. The van der Waals surface area contributed by atoms with Gasteiger partial charge in [0.15, 0.2) is 0 Å². The number of nitrogens with zero attached hydrogens (tertiary/aromatic N) is 2. The van der Waals surface area contributed by atoms with Gasteiger partial charge in [-0.15, -0.1) is 0 Å². The summed E-state index contributed by atoms with van der Waals surface area (Å²) in [6.45, 7) is 4.56. The lowest BCUT2D eigenvalue weighted by Crippen LogP contribution is -2.10. The summed E-state index contributed by atoms with van der Waals surface area (Å²) >= 11 is 0. The summed E-state index contributed by atoms with van der Waals surface area (Å²) in [5.74, 6) is 1.34. The third-order valence-electron chi connectivity index (χ3n) is 3.47. The van der Waals surface area contributed by atoms with Crippen LogP contribution in [-0.4, -0.2) is 29.1 Å². The van der Waals surface area contributed by atoms with Gasteiger partial charge in [0, 0.05) is 12.1 Å². The van der Waals surface area contributed by atoms with E-state index in [9.17, 15) is 10.1 Å². The lowest BCUT2D eigenvalue weighted by molar-refractivity contribution is -0.384.